The Hall–Kier alpha value is -1.58. The molecule has 104 valence electrons. The first-order chi connectivity index (χ1) is 8.93. The SMILES string of the molecule is CCC1(C)CCN(c2cc(C(=O)O)cc(C)n2)CC1. The molecule has 1 N–H and O–H groups in total. The zero-order valence-corrected chi connectivity index (χ0v) is 11.9. The molecule has 1 aliphatic rings. The van der Waals surface area contributed by atoms with E-state index in [4.69, 9.17) is 5.11 Å². The molecule has 19 heavy (non-hydrogen) atoms. The molecule has 2 rings (SSSR count). The molecule has 1 saturated heterocycles. The number of rotatable bonds is 3. The molecule has 1 aromatic heterocycles. The molecule has 4 nitrogen and oxygen atoms in total. The van der Waals surface area contributed by atoms with Gasteiger partial charge in [-0.3, -0.25) is 0 Å². The Morgan fingerprint density at radius 1 is 1.42 bits per heavy atom. The molecule has 0 amide bonds. The lowest BCUT2D eigenvalue weighted by molar-refractivity contribution is 0.0696. The van der Waals surface area contributed by atoms with E-state index in [1.54, 1.807) is 12.1 Å². The minimum Gasteiger partial charge on any atom is -0.478 e. The van der Waals surface area contributed by atoms with Crippen LogP contribution in [0.4, 0.5) is 5.82 Å². The van der Waals surface area contributed by atoms with Gasteiger partial charge in [0.2, 0.25) is 0 Å². The number of piperidine rings is 1. The van der Waals surface area contributed by atoms with Gasteiger partial charge in [0, 0.05) is 18.8 Å². The highest BCUT2D eigenvalue weighted by Gasteiger charge is 2.29. The summed E-state index contributed by atoms with van der Waals surface area (Å²) in [6.07, 6.45) is 3.48. The van der Waals surface area contributed by atoms with Crippen LogP contribution in [-0.4, -0.2) is 29.1 Å². The van der Waals surface area contributed by atoms with E-state index in [0.29, 0.717) is 11.0 Å². The number of pyridine rings is 1. The molecule has 0 aromatic carbocycles. The summed E-state index contributed by atoms with van der Waals surface area (Å²) in [5.41, 5.74) is 1.51. The third-order valence-corrected chi connectivity index (χ3v) is 4.33. The fourth-order valence-corrected chi connectivity index (χ4v) is 2.57. The number of aryl methyl sites for hydroxylation is 1. The number of carboxylic acids is 1. The van der Waals surface area contributed by atoms with Gasteiger partial charge in [-0.1, -0.05) is 20.3 Å². The normalized spacial score (nSPS) is 18.4. The minimum absolute atomic E-state index is 0.325. The van der Waals surface area contributed by atoms with E-state index in [-0.39, 0.29) is 0 Å². The third-order valence-electron chi connectivity index (χ3n) is 4.33. The molecule has 0 atom stereocenters. The summed E-state index contributed by atoms with van der Waals surface area (Å²) in [6, 6.07) is 3.30. The van der Waals surface area contributed by atoms with Crippen LogP contribution >= 0.6 is 0 Å². The lowest BCUT2D eigenvalue weighted by Gasteiger charge is -2.39. The number of hydrogen-bond acceptors (Lipinski definition) is 3. The van der Waals surface area contributed by atoms with Gasteiger partial charge in [-0.05, 0) is 37.3 Å². The number of carbonyl (C=O) groups is 1. The number of aromatic nitrogens is 1. The van der Waals surface area contributed by atoms with E-state index in [2.05, 4.69) is 23.7 Å². The molecule has 0 bridgehead atoms. The molecule has 2 heterocycles. The maximum Gasteiger partial charge on any atom is 0.335 e. The predicted octanol–water partition coefficient (Wildman–Crippen LogP) is 3.10. The quantitative estimate of drug-likeness (QED) is 0.909. The first kappa shape index (κ1) is 13.8. The van der Waals surface area contributed by atoms with Crippen molar-refractivity contribution < 1.29 is 9.90 Å². The number of anilines is 1. The van der Waals surface area contributed by atoms with Crippen LogP contribution < -0.4 is 4.90 Å². The van der Waals surface area contributed by atoms with Crippen molar-refractivity contribution in [2.75, 3.05) is 18.0 Å². The van der Waals surface area contributed by atoms with Crippen LogP contribution in [0.2, 0.25) is 0 Å². The van der Waals surface area contributed by atoms with Gasteiger partial charge in [0.05, 0.1) is 5.56 Å². The van der Waals surface area contributed by atoms with Gasteiger partial charge in [0.15, 0.2) is 0 Å². The highest BCUT2D eigenvalue weighted by atomic mass is 16.4. The van der Waals surface area contributed by atoms with Crippen LogP contribution in [0.15, 0.2) is 12.1 Å². The van der Waals surface area contributed by atoms with Crippen molar-refractivity contribution in [3.05, 3.63) is 23.4 Å². The van der Waals surface area contributed by atoms with E-state index in [1.807, 2.05) is 6.92 Å². The van der Waals surface area contributed by atoms with Crippen molar-refractivity contribution >= 4 is 11.8 Å². The van der Waals surface area contributed by atoms with Crippen LogP contribution in [0.3, 0.4) is 0 Å². The fourth-order valence-electron chi connectivity index (χ4n) is 2.57. The van der Waals surface area contributed by atoms with Crippen molar-refractivity contribution in [1.29, 1.82) is 0 Å². The van der Waals surface area contributed by atoms with Crippen molar-refractivity contribution in [2.24, 2.45) is 5.41 Å². The molecular formula is C15H22N2O2. The summed E-state index contributed by atoms with van der Waals surface area (Å²) >= 11 is 0. The van der Waals surface area contributed by atoms with Gasteiger partial charge in [-0.25, -0.2) is 9.78 Å². The second-order valence-electron chi connectivity index (χ2n) is 5.81. The Labute approximate surface area is 114 Å². The molecule has 0 saturated carbocycles. The Morgan fingerprint density at radius 2 is 2.05 bits per heavy atom. The number of carboxylic acid groups (broad SMARTS) is 1. The van der Waals surface area contributed by atoms with Crippen molar-refractivity contribution in [2.45, 2.75) is 40.0 Å². The number of aromatic carboxylic acids is 1. The third kappa shape index (κ3) is 3.06. The smallest absolute Gasteiger partial charge is 0.335 e. The Kier molecular flexibility index (Phi) is 3.78. The largest absolute Gasteiger partial charge is 0.478 e. The highest BCUT2D eigenvalue weighted by molar-refractivity contribution is 5.88. The van der Waals surface area contributed by atoms with Crippen molar-refractivity contribution in [3.8, 4) is 0 Å². The van der Waals surface area contributed by atoms with Crippen LogP contribution in [0.1, 0.15) is 49.2 Å². The van der Waals surface area contributed by atoms with Crippen molar-refractivity contribution in [3.63, 3.8) is 0 Å². The summed E-state index contributed by atoms with van der Waals surface area (Å²) in [5.74, 6) is -0.0855. The highest BCUT2D eigenvalue weighted by Crippen LogP contribution is 2.35. The summed E-state index contributed by atoms with van der Waals surface area (Å²) in [6.45, 7) is 8.33. The molecule has 0 spiro atoms. The van der Waals surface area contributed by atoms with Crippen molar-refractivity contribution in [1.82, 2.24) is 4.98 Å². The molecule has 1 fully saturated rings. The monoisotopic (exact) mass is 262 g/mol. The van der Waals surface area contributed by atoms with E-state index in [9.17, 15) is 4.79 Å². The van der Waals surface area contributed by atoms with Gasteiger partial charge in [-0.2, -0.15) is 0 Å². The predicted molar refractivity (Wildman–Crippen MR) is 75.8 cm³/mol. The zero-order valence-electron chi connectivity index (χ0n) is 11.9. The number of hydrogen-bond donors (Lipinski definition) is 1. The van der Waals surface area contributed by atoms with E-state index >= 15 is 0 Å². The van der Waals surface area contributed by atoms with Gasteiger partial charge in [0.25, 0.3) is 0 Å². The molecule has 4 heteroatoms. The second kappa shape index (κ2) is 5.19. The van der Waals surface area contributed by atoms with Gasteiger partial charge < -0.3 is 10.0 Å². The molecule has 0 radical (unpaired) electrons. The Morgan fingerprint density at radius 3 is 2.58 bits per heavy atom. The first-order valence-corrected chi connectivity index (χ1v) is 6.90. The summed E-state index contributed by atoms with van der Waals surface area (Å²) in [7, 11) is 0. The van der Waals surface area contributed by atoms with Crippen LogP contribution in [0.25, 0.3) is 0 Å². The Balaban J connectivity index is 2.17. The minimum atomic E-state index is -0.887. The van der Waals surface area contributed by atoms with E-state index in [1.165, 1.54) is 6.42 Å². The first-order valence-electron chi connectivity index (χ1n) is 6.90. The zero-order chi connectivity index (χ0) is 14.0. The Bertz CT molecular complexity index is 477. The molecule has 0 aliphatic carbocycles. The van der Waals surface area contributed by atoms with Crippen LogP contribution in [0.5, 0.6) is 0 Å². The standard InChI is InChI=1S/C15H22N2O2/c1-4-15(3)5-7-17(8-6-15)13-10-12(14(18)19)9-11(2)16-13/h9-10H,4-8H2,1-3H3,(H,18,19). The average molecular weight is 262 g/mol. The van der Waals surface area contributed by atoms with Crippen LogP contribution in [-0.2, 0) is 0 Å². The summed E-state index contributed by atoms with van der Waals surface area (Å²) < 4.78 is 0. The average Bonchev–Trinajstić information content (AvgIpc) is 2.39. The van der Waals surface area contributed by atoms with E-state index in [0.717, 1.165) is 37.4 Å². The fraction of sp³-hybridized carbons (Fsp3) is 0.600. The lowest BCUT2D eigenvalue weighted by atomic mass is 9.78. The maximum atomic E-state index is 11.1. The summed E-state index contributed by atoms with van der Waals surface area (Å²) in [4.78, 5) is 17.8. The topological polar surface area (TPSA) is 53.4 Å². The molecule has 0 unspecified atom stereocenters. The van der Waals surface area contributed by atoms with Gasteiger partial charge in [-0.15, -0.1) is 0 Å². The molecule has 1 aliphatic heterocycles. The lowest BCUT2D eigenvalue weighted by Crippen LogP contribution is -2.39. The second-order valence-corrected chi connectivity index (χ2v) is 5.81. The maximum absolute atomic E-state index is 11.1. The molecule has 1 aromatic rings. The van der Waals surface area contributed by atoms with E-state index < -0.39 is 5.97 Å². The van der Waals surface area contributed by atoms with Gasteiger partial charge >= 0.3 is 5.97 Å². The summed E-state index contributed by atoms with van der Waals surface area (Å²) in [5, 5.41) is 9.11. The number of nitrogens with zero attached hydrogens (tertiary/aromatic N) is 2. The van der Waals surface area contributed by atoms with Gasteiger partial charge in [0.1, 0.15) is 5.82 Å². The molecular weight excluding hydrogens is 240 g/mol. The van der Waals surface area contributed by atoms with Crippen LogP contribution in [0, 0.1) is 12.3 Å².